The molecule has 0 radical (unpaired) electrons. The number of benzene rings is 1. The van der Waals surface area contributed by atoms with E-state index in [-0.39, 0.29) is 17.5 Å². The van der Waals surface area contributed by atoms with Crippen LogP contribution in [0.2, 0.25) is 0 Å². The van der Waals surface area contributed by atoms with Gasteiger partial charge in [0, 0.05) is 12.0 Å². The normalized spacial score (nSPS) is 24.3. The van der Waals surface area contributed by atoms with Crippen molar-refractivity contribution in [2.45, 2.75) is 22.3 Å². The van der Waals surface area contributed by atoms with Crippen molar-refractivity contribution in [2.24, 2.45) is 0 Å². The highest BCUT2D eigenvalue weighted by Gasteiger charge is 2.41. The van der Waals surface area contributed by atoms with Crippen LogP contribution in [-0.2, 0) is 9.84 Å². The van der Waals surface area contributed by atoms with Crippen LogP contribution < -0.4 is 5.32 Å². The van der Waals surface area contributed by atoms with Crippen LogP contribution in [0, 0.1) is 0 Å². The molecule has 0 unspecified atom stereocenters. The van der Waals surface area contributed by atoms with E-state index >= 15 is 0 Å². The van der Waals surface area contributed by atoms with Crippen molar-refractivity contribution in [1.29, 1.82) is 0 Å². The van der Waals surface area contributed by atoms with E-state index in [4.69, 9.17) is 34.8 Å². The van der Waals surface area contributed by atoms with Crippen LogP contribution in [0.4, 0.5) is 0 Å². The van der Waals surface area contributed by atoms with Crippen LogP contribution in [0.1, 0.15) is 18.0 Å². The molecule has 1 aromatic rings. The Labute approximate surface area is 128 Å². The van der Waals surface area contributed by atoms with E-state index in [0.29, 0.717) is 6.42 Å². The SMILES string of the molecule is O=S1(=O)CC[C@@H]([NH2+][C@H](c2ccccc2)C(Cl)(Cl)Cl)C1. The van der Waals surface area contributed by atoms with Gasteiger partial charge in [0.05, 0.1) is 5.75 Å². The predicted molar refractivity (Wildman–Crippen MR) is 78.5 cm³/mol. The Balaban J connectivity index is 2.17. The van der Waals surface area contributed by atoms with Crippen LogP contribution in [0.25, 0.3) is 0 Å². The Morgan fingerprint density at radius 2 is 1.84 bits per heavy atom. The molecular formula is C12H15Cl3NO2S+. The second-order valence-electron chi connectivity index (χ2n) is 4.79. The molecule has 1 aliphatic rings. The molecular weight excluding hydrogens is 329 g/mol. The largest absolute Gasteiger partial charge is 0.333 e. The van der Waals surface area contributed by atoms with Crippen molar-refractivity contribution in [3.8, 4) is 0 Å². The van der Waals surface area contributed by atoms with Crippen molar-refractivity contribution in [1.82, 2.24) is 0 Å². The summed E-state index contributed by atoms with van der Waals surface area (Å²) in [6, 6.07) is 8.94. The lowest BCUT2D eigenvalue weighted by atomic mass is 10.1. The van der Waals surface area contributed by atoms with Gasteiger partial charge in [0.25, 0.3) is 0 Å². The fourth-order valence-electron chi connectivity index (χ4n) is 2.32. The number of quaternary nitrogens is 1. The van der Waals surface area contributed by atoms with Gasteiger partial charge in [-0.25, -0.2) is 8.42 Å². The Bertz CT molecular complexity index is 528. The number of hydrogen-bond donors (Lipinski definition) is 1. The zero-order chi connectivity index (χ0) is 14.1. The average molecular weight is 344 g/mol. The summed E-state index contributed by atoms with van der Waals surface area (Å²) in [4.78, 5) is 0. The van der Waals surface area contributed by atoms with Crippen LogP contribution in [0.5, 0.6) is 0 Å². The van der Waals surface area contributed by atoms with Crippen molar-refractivity contribution >= 4 is 44.6 Å². The highest BCUT2D eigenvalue weighted by Crippen LogP contribution is 2.37. The zero-order valence-electron chi connectivity index (χ0n) is 10.1. The zero-order valence-corrected chi connectivity index (χ0v) is 13.2. The van der Waals surface area contributed by atoms with Gasteiger partial charge >= 0.3 is 0 Å². The summed E-state index contributed by atoms with van der Waals surface area (Å²) in [7, 11) is -2.93. The van der Waals surface area contributed by atoms with Gasteiger partial charge in [0.15, 0.2) is 15.9 Å². The van der Waals surface area contributed by atoms with Gasteiger partial charge in [-0.05, 0) is 0 Å². The van der Waals surface area contributed by atoms with Crippen molar-refractivity contribution in [3.05, 3.63) is 35.9 Å². The first kappa shape index (κ1) is 15.4. The van der Waals surface area contributed by atoms with E-state index in [1.807, 2.05) is 35.6 Å². The molecule has 0 spiro atoms. The summed E-state index contributed by atoms with van der Waals surface area (Å²) < 4.78 is 21.5. The molecule has 1 aromatic carbocycles. The van der Waals surface area contributed by atoms with Gasteiger partial charge in [-0.2, -0.15) is 0 Å². The summed E-state index contributed by atoms with van der Waals surface area (Å²) in [5.74, 6) is 0.368. The average Bonchev–Trinajstić information content (AvgIpc) is 2.65. The van der Waals surface area contributed by atoms with E-state index in [0.717, 1.165) is 5.56 Å². The standard InChI is InChI=1S/C12H14Cl3NO2S/c13-12(14,15)11(9-4-2-1-3-5-9)16-10-6-7-19(17,18)8-10/h1-5,10-11,16H,6-8H2/p+1/t10-,11-/m1/s1. The first-order valence-corrected chi connectivity index (χ1v) is 8.90. The fourth-order valence-corrected chi connectivity index (χ4v) is 4.67. The lowest BCUT2D eigenvalue weighted by Gasteiger charge is -2.25. The predicted octanol–water partition coefficient (Wildman–Crippen LogP) is 1.85. The first-order valence-electron chi connectivity index (χ1n) is 5.95. The number of nitrogens with two attached hydrogens (primary N) is 1. The van der Waals surface area contributed by atoms with E-state index in [2.05, 4.69) is 0 Å². The molecule has 1 heterocycles. The van der Waals surface area contributed by atoms with E-state index < -0.39 is 19.7 Å². The van der Waals surface area contributed by atoms with Gasteiger partial charge in [-0.1, -0.05) is 65.1 Å². The molecule has 1 aliphatic heterocycles. The Morgan fingerprint density at radius 3 is 2.32 bits per heavy atom. The maximum atomic E-state index is 11.5. The topological polar surface area (TPSA) is 50.8 Å². The Kier molecular flexibility index (Phi) is 4.68. The maximum Gasteiger partial charge on any atom is 0.246 e. The van der Waals surface area contributed by atoms with Gasteiger partial charge < -0.3 is 5.32 Å². The van der Waals surface area contributed by atoms with Gasteiger partial charge in [0.2, 0.25) is 3.79 Å². The molecule has 3 nitrogen and oxygen atoms in total. The van der Waals surface area contributed by atoms with Crippen molar-refractivity contribution in [3.63, 3.8) is 0 Å². The van der Waals surface area contributed by atoms with E-state index in [9.17, 15) is 8.42 Å². The molecule has 2 N–H and O–H groups in total. The molecule has 7 heteroatoms. The number of sulfone groups is 1. The molecule has 0 aliphatic carbocycles. The summed E-state index contributed by atoms with van der Waals surface area (Å²) in [5.41, 5.74) is 0.881. The summed E-state index contributed by atoms with van der Waals surface area (Å²) in [6.45, 7) is 0. The summed E-state index contributed by atoms with van der Waals surface area (Å²) >= 11 is 18.1. The number of rotatable bonds is 3. The van der Waals surface area contributed by atoms with Crippen LogP contribution in [0.15, 0.2) is 30.3 Å². The monoisotopic (exact) mass is 342 g/mol. The van der Waals surface area contributed by atoms with Gasteiger partial charge in [-0.3, -0.25) is 0 Å². The van der Waals surface area contributed by atoms with Gasteiger partial charge in [-0.15, -0.1) is 0 Å². The third-order valence-electron chi connectivity index (χ3n) is 3.24. The number of halogens is 3. The minimum Gasteiger partial charge on any atom is -0.333 e. The number of alkyl halides is 3. The highest BCUT2D eigenvalue weighted by atomic mass is 35.6. The quantitative estimate of drug-likeness (QED) is 0.852. The molecule has 0 saturated carbocycles. The van der Waals surface area contributed by atoms with Crippen molar-refractivity contribution in [2.75, 3.05) is 11.5 Å². The maximum absolute atomic E-state index is 11.5. The lowest BCUT2D eigenvalue weighted by Crippen LogP contribution is -2.93. The van der Waals surface area contributed by atoms with Crippen LogP contribution in [0.3, 0.4) is 0 Å². The minimum absolute atomic E-state index is 0.0502. The fraction of sp³-hybridized carbons (Fsp3) is 0.500. The first-order chi connectivity index (χ1) is 8.78. The lowest BCUT2D eigenvalue weighted by molar-refractivity contribution is -0.722. The third-order valence-corrected chi connectivity index (χ3v) is 5.74. The Hall–Kier alpha value is -0.000000000000000111. The summed E-state index contributed by atoms with van der Waals surface area (Å²) in [6.07, 6.45) is 0.604. The minimum atomic E-state index is -2.93. The smallest absolute Gasteiger partial charge is 0.246 e. The molecule has 2 atom stereocenters. The molecule has 0 amide bonds. The molecule has 2 rings (SSSR count). The van der Waals surface area contributed by atoms with Crippen molar-refractivity contribution < 1.29 is 13.7 Å². The van der Waals surface area contributed by atoms with Crippen LogP contribution in [-0.4, -0.2) is 29.8 Å². The molecule has 0 bridgehead atoms. The molecule has 106 valence electrons. The summed E-state index contributed by atoms with van der Waals surface area (Å²) in [5, 5.41) is 1.87. The Morgan fingerprint density at radius 1 is 1.21 bits per heavy atom. The van der Waals surface area contributed by atoms with Crippen LogP contribution >= 0.6 is 34.8 Å². The second kappa shape index (κ2) is 5.78. The van der Waals surface area contributed by atoms with E-state index in [1.165, 1.54) is 0 Å². The highest BCUT2D eigenvalue weighted by molar-refractivity contribution is 7.91. The molecule has 0 aromatic heterocycles. The number of hydrogen-bond acceptors (Lipinski definition) is 2. The molecule has 19 heavy (non-hydrogen) atoms. The third kappa shape index (κ3) is 4.23. The van der Waals surface area contributed by atoms with Gasteiger partial charge in [0.1, 0.15) is 11.8 Å². The second-order valence-corrected chi connectivity index (χ2v) is 9.38. The van der Waals surface area contributed by atoms with E-state index in [1.54, 1.807) is 0 Å². The molecule has 1 saturated heterocycles. The molecule has 1 fully saturated rings.